The van der Waals surface area contributed by atoms with E-state index in [1.54, 1.807) is 13.0 Å². The third-order valence-electron chi connectivity index (χ3n) is 2.64. The first-order valence-electron chi connectivity index (χ1n) is 6.04. The van der Waals surface area contributed by atoms with Crippen LogP contribution in [0.25, 0.3) is 11.3 Å². The summed E-state index contributed by atoms with van der Waals surface area (Å²) < 4.78 is 5.60. The van der Waals surface area contributed by atoms with Crippen molar-refractivity contribution in [3.63, 3.8) is 0 Å². The van der Waals surface area contributed by atoms with Gasteiger partial charge in [-0.1, -0.05) is 12.1 Å². The number of H-pyrrole nitrogens is 1. The second kappa shape index (κ2) is 5.14. The highest BCUT2D eigenvalue weighted by molar-refractivity contribution is 5.96. The predicted octanol–water partition coefficient (Wildman–Crippen LogP) is 2.87. The lowest BCUT2D eigenvalue weighted by atomic mass is 10.1. The van der Waals surface area contributed by atoms with E-state index in [4.69, 9.17) is 4.74 Å². The van der Waals surface area contributed by atoms with E-state index < -0.39 is 5.97 Å². The Balaban J connectivity index is 2.45. The highest BCUT2D eigenvalue weighted by Gasteiger charge is 2.18. The molecule has 19 heavy (non-hydrogen) atoms. The molecule has 2 aromatic rings. The molecule has 2 rings (SSSR count). The lowest BCUT2D eigenvalue weighted by molar-refractivity contribution is 0.0697. The molecule has 0 radical (unpaired) electrons. The molecule has 0 saturated carbocycles. The van der Waals surface area contributed by atoms with Crippen molar-refractivity contribution in [3.8, 4) is 17.0 Å². The molecule has 0 atom stereocenters. The summed E-state index contributed by atoms with van der Waals surface area (Å²) in [5.74, 6) is -0.291. The number of nitrogens with one attached hydrogen (secondary N) is 1. The van der Waals surface area contributed by atoms with Crippen molar-refractivity contribution in [1.29, 1.82) is 0 Å². The maximum atomic E-state index is 11.2. The Morgan fingerprint density at radius 3 is 2.79 bits per heavy atom. The number of aromatic carboxylic acids is 1. The van der Waals surface area contributed by atoms with Gasteiger partial charge in [0.25, 0.3) is 0 Å². The van der Waals surface area contributed by atoms with E-state index in [-0.39, 0.29) is 11.7 Å². The highest BCUT2D eigenvalue weighted by atomic mass is 16.5. The number of aromatic nitrogens is 2. The molecule has 0 amide bonds. The standard InChI is InChI=1S/C14H16N2O3/c1-8(2)19-11-6-4-5-10(7-11)13-12(14(17)18)9(3)15-16-13/h4-8H,1-3H3,(H,15,16)(H,17,18). The largest absolute Gasteiger partial charge is 0.491 e. The lowest BCUT2D eigenvalue weighted by Gasteiger charge is -2.10. The minimum absolute atomic E-state index is 0.0649. The van der Waals surface area contributed by atoms with Crippen LogP contribution in [-0.2, 0) is 0 Å². The molecule has 1 aromatic heterocycles. The monoisotopic (exact) mass is 260 g/mol. The number of hydrogen-bond donors (Lipinski definition) is 2. The van der Waals surface area contributed by atoms with E-state index in [0.29, 0.717) is 17.1 Å². The molecule has 0 fully saturated rings. The van der Waals surface area contributed by atoms with Crippen LogP contribution in [0.1, 0.15) is 29.9 Å². The summed E-state index contributed by atoms with van der Waals surface area (Å²) in [7, 11) is 0. The van der Waals surface area contributed by atoms with Gasteiger partial charge in [0.2, 0.25) is 0 Å². The summed E-state index contributed by atoms with van der Waals surface area (Å²) >= 11 is 0. The van der Waals surface area contributed by atoms with Crippen LogP contribution in [0.3, 0.4) is 0 Å². The zero-order valence-electron chi connectivity index (χ0n) is 11.1. The number of carboxylic acid groups (broad SMARTS) is 1. The Morgan fingerprint density at radius 1 is 1.42 bits per heavy atom. The van der Waals surface area contributed by atoms with Crippen LogP contribution in [0.2, 0.25) is 0 Å². The van der Waals surface area contributed by atoms with Gasteiger partial charge in [-0.2, -0.15) is 5.10 Å². The molecule has 0 bridgehead atoms. The SMILES string of the molecule is Cc1[nH]nc(-c2cccc(OC(C)C)c2)c1C(=O)O. The van der Waals surface area contributed by atoms with Crippen molar-refractivity contribution in [2.45, 2.75) is 26.9 Å². The van der Waals surface area contributed by atoms with Crippen molar-refractivity contribution in [2.75, 3.05) is 0 Å². The van der Waals surface area contributed by atoms with Gasteiger partial charge in [0.15, 0.2) is 0 Å². The van der Waals surface area contributed by atoms with Gasteiger partial charge in [-0.25, -0.2) is 4.79 Å². The van der Waals surface area contributed by atoms with Gasteiger partial charge in [0.1, 0.15) is 17.0 Å². The molecule has 0 unspecified atom stereocenters. The maximum Gasteiger partial charge on any atom is 0.339 e. The molecule has 1 aromatic carbocycles. The Labute approximate surface area is 111 Å². The highest BCUT2D eigenvalue weighted by Crippen LogP contribution is 2.27. The van der Waals surface area contributed by atoms with E-state index in [9.17, 15) is 9.90 Å². The van der Waals surface area contributed by atoms with E-state index in [2.05, 4.69) is 10.2 Å². The third-order valence-corrected chi connectivity index (χ3v) is 2.64. The number of aryl methyl sites for hydroxylation is 1. The fourth-order valence-electron chi connectivity index (χ4n) is 1.89. The summed E-state index contributed by atoms with van der Waals surface area (Å²) in [6, 6.07) is 7.27. The molecule has 5 heteroatoms. The van der Waals surface area contributed by atoms with Crippen molar-refractivity contribution < 1.29 is 14.6 Å². The zero-order valence-corrected chi connectivity index (χ0v) is 11.1. The van der Waals surface area contributed by atoms with E-state index >= 15 is 0 Å². The first kappa shape index (κ1) is 13.1. The molecule has 5 nitrogen and oxygen atoms in total. The minimum Gasteiger partial charge on any atom is -0.491 e. The summed E-state index contributed by atoms with van der Waals surface area (Å²) in [6.45, 7) is 5.57. The summed E-state index contributed by atoms with van der Waals surface area (Å²) in [4.78, 5) is 11.2. The van der Waals surface area contributed by atoms with Crippen molar-refractivity contribution in [3.05, 3.63) is 35.5 Å². The molecule has 0 saturated heterocycles. The second-order valence-electron chi connectivity index (χ2n) is 4.57. The molecular weight excluding hydrogens is 244 g/mol. The van der Waals surface area contributed by atoms with Gasteiger partial charge in [0.05, 0.1) is 6.10 Å². The normalized spacial score (nSPS) is 10.7. The van der Waals surface area contributed by atoms with E-state index in [1.807, 2.05) is 32.0 Å². The van der Waals surface area contributed by atoms with Crippen molar-refractivity contribution in [1.82, 2.24) is 10.2 Å². The summed E-state index contributed by atoms with van der Waals surface area (Å²) in [5, 5.41) is 16.0. The van der Waals surface area contributed by atoms with Gasteiger partial charge in [-0.05, 0) is 32.9 Å². The van der Waals surface area contributed by atoms with Crippen LogP contribution in [0.4, 0.5) is 0 Å². The van der Waals surface area contributed by atoms with Crippen LogP contribution in [-0.4, -0.2) is 27.4 Å². The second-order valence-corrected chi connectivity index (χ2v) is 4.57. The smallest absolute Gasteiger partial charge is 0.339 e. The van der Waals surface area contributed by atoms with Gasteiger partial charge < -0.3 is 9.84 Å². The van der Waals surface area contributed by atoms with Crippen molar-refractivity contribution >= 4 is 5.97 Å². The Hall–Kier alpha value is -2.30. The van der Waals surface area contributed by atoms with Crippen LogP contribution in [0.5, 0.6) is 5.75 Å². The van der Waals surface area contributed by atoms with Crippen LogP contribution >= 0.6 is 0 Å². The molecular formula is C14H16N2O3. The molecule has 2 N–H and O–H groups in total. The van der Waals surface area contributed by atoms with Gasteiger partial charge in [-0.15, -0.1) is 0 Å². The number of ether oxygens (including phenoxy) is 1. The van der Waals surface area contributed by atoms with E-state index in [0.717, 1.165) is 5.56 Å². The van der Waals surface area contributed by atoms with Crippen LogP contribution in [0.15, 0.2) is 24.3 Å². The summed E-state index contributed by atoms with van der Waals surface area (Å²) in [5.41, 5.74) is 1.89. The number of carbonyl (C=O) groups is 1. The zero-order chi connectivity index (χ0) is 14.0. The predicted molar refractivity (Wildman–Crippen MR) is 71.5 cm³/mol. The summed E-state index contributed by atoms with van der Waals surface area (Å²) in [6.07, 6.45) is 0.0649. The topological polar surface area (TPSA) is 75.2 Å². The molecule has 1 heterocycles. The van der Waals surface area contributed by atoms with Crippen molar-refractivity contribution in [2.24, 2.45) is 0 Å². The number of rotatable bonds is 4. The quantitative estimate of drug-likeness (QED) is 0.886. The third kappa shape index (κ3) is 2.76. The fraction of sp³-hybridized carbons (Fsp3) is 0.286. The number of benzene rings is 1. The number of carboxylic acids is 1. The first-order valence-corrected chi connectivity index (χ1v) is 6.04. The molecule has 0 aliphatic carbocycles. The maximum absolute atomic E-state index is 11.2. The molecule has 0 aliphatic rings. The average molecular weight is 260 g/mol. The van der Waals surface area contributed by atoms with Gasteiger partial charge in [0, 0.05) is 11.3 Å². The Bertz CT molecular complexity index is 602. The lowest BCUT2D eigenvalue weighted by Crippen LogP contribution is -2.05. The van der Waals surface area contributed by atoms with Gasteiger partial charge >= 0.3 is 5.97 Å². The molecule has 0 aliphatic heterocycles. The molecule has 100 valence electrons. The average Bonchev–Trinajstić information content (AvgIpc) is 2.70. The number of nitrogens with zero attached hydrogens (tertiary/aromatic N) is 1. The number of hydrogen-bond acceptors (Lipinski definition) is 3. The Kier molecular flexibility index (Phi) is 3.55. The van der Waals surface area contributed by atoms with Crippen LogP contribution < -0.4 is 4.74 Å². The minimum atomic E-state index is -0.989. The number of aromatic amines is 1. The van der Waals surface area contributed by atoms with E-state index in [1.165, 1.54) is 0 Å². The van der Waals surface area contributed by atoms with Crippen LogP contribution in [0, 0.1) is 6.92 Å². The van der Waals surface area contributed by atoms with Gasteiger partial charge in [-0.3, -0.25) is 5.10 Å². The molecule has 0 spiro atoms. The first-order chi connectivity index (χ1) is 8.99. The fourth-order valence-corrected chi connectivity index (χ4v) is 1.89. The Morgan fingerprint density at radius 2 is 2.16 bits per heavy atom.